The number of fused-ring (bicyclic) bond motifs is 2. The highest BCUT2D eigenvalue weighted by atomic mass is 35.5. The number of halogens is 1. The summed E-state index contributed by atoms with van der Waals surface area (Å²) in [5.41, 5.74) is 0.576. The van der Waals surface area contributed by atoms with Crippen LogP contribution in [0.2, 0.25) is 5.02 Å². The van der Waals surface area contributed by atoms with Crippen LogP contribution in [0.5, 0.6) is 0 Å². The van der Waals surface area contributed by atoms with Gasteiger partial charge in [0.05, 0.1) is 10.7 Å². The van der Waals surface area contributed by atoms with Crippen LogP contribution >= 0.6 is 46.0 Å². The lowest BCUT2D eigenvalue weighted by Crippen LogP contribution is -2.12. The standard InChI is InChI=1S/C17H9ClN4O2S3/c18-13-10-3-1-2-4-11(10)27-14(13)15-20-21-17(24-15)26-8-9-7-12(23)22-5-6-25-16(22)19-9/h1-7H,8H2. The maximum absolute atomic E-state index is 12.0. The molecule has 0 saturated carbocycles. The van der Waals surface area contributed by atoms with Crippen LogP contribution in [0.3, 0.4) is 0 Å². The molecule has 5 rings (SSSR count). The van der Waals surface area contributed by atoms with E-state index in [1.165, 1.54) is 44.9 Å². The molecule has 4 aromatic heterocycles. The number of thioether (sulfide) groups is 1. The highest BCUT2D eigenvalue weighted by Crippen LogP contribution is 2.41. The van der Waals surface area contributed by atoms with E-state index in [2.05, 4.69) is 15.2 Å². The molecular formula is C17H9ClN4O2S3. The van der Waals surface area contributed by atoms with Crippen molar-refractivity contribution in [3.8, 4) is 10.8 Å². The first-order valence-electron chi connectivity index (χ1n) is 7.78. The van der Waals surface area contributed by atoms with Crippen molar-refractivity contribution >= 4 is 61.1 Å². The van der Waals surface area contributed by atoms with E-state index in [4.69, 9.17) is 16.0 Å². The van der Waals surface area contributed by atoms with Gasteiger partial charge in [-0.2, -0.15) is 0 Å². The van der Waals surface area contributed by atoms with Crippen LogP contribution < -0.4 is 5.56 Å². The molecule has 0 radical (unpaired) electrons. The normalized spacial score (nSPS) is 11.6. The minimum atomic E-state index is -0.0971. The summed E-state index contributed by atoms with van der Waals surface area (Å²) in [7, 11) is 0. The van der Waals surface area contributed by atoms with Gasteiger partial charge < -0.3 is 4.42 Å². The number of nitrogens with zero attached hydrogens (tertiary/aromatic N) is 4. The Balaban J connectivity index is 1.40. The Morgan fingerprint density at radius 1 is 1.26 bits per heavy atom. The van der Waals surface area contributed by atoms with E-state index in [1.54, 1.807) is 6.20 Å². The molecule has 134 valence electrons. The lowest BCUT2D eigenvalue weighted by molar-refractivity contribution is 0.466. The molecule has 5 aromatic rings. The summed E-state index contributed by atoms with van der Waals surface area (Å²) in [5.74, 6) is 0.858. The number of thiazole rings is 1. The van der Waals surface area contributed by atoms with E-state index in [0.29, 0.717) is 32.5 Å². The molecule has 0 spiro atoms. The van der Waals surface area contributed by atoms with Crippen LogP contribution in [0.4, 0.5) is 0 Å². The minimum Gasteiger partial charge on any atom is -0.410 e. The third-order valence-corrected chi connectivity index (χ3v) is 7.11. The Morgan fingerprint density at radius 3 is 3.04 bits per heavy atom. The predicted octanol–water partition coefficient (Wildman–Crippen LogP) is 4.97. The van der Waals surface area contributed by atoms with Gasteiger partial charge in [-0.05, 0) is 6.07 Å². The number of hydrogen-bond donors (Lipinski definition) is 0. The first kappa shape index (κ1) is 16.9. The molecule has 0 fully saturated rings. The summed E-state index contributed by atoms with van der Waals surface area (Å²) < 4.78 is 8.35. The molecule has 6 nitrogen and oxygen atoms in total. The van der Waals surface area contributed by atoms with Crippen molar-refractivity contribution in [1.29, 1.82) is 0 Å². The summed E-state index contributed by atoms with van der Waals surface area (Å²) in [5, 5.41) is 12.0. The van der Waals surface area contributed by atoms with Gasteiger partial charge >= 0.3 is 0 Å². The summed E-state index contributed by atoms with van der Waals surface area (Å²) in [6.45, 7) is 0. The number of benzene rings is 1. The van der Waals surface area contributed by atoms with E-state index in [-0.39, 0.29) is 5.56 Å². The van der Waals surface area contributed by atoms with Crippen molar-refractivity contribution in [1.82, 2.24) is 19.6 Å². The lowest BCUT2D eigenvalue weighted by atomic mass is 10.2. The van der Waals surface area contributed by atoms with Crippen LogP contribution in [0, 0.1) is 0 Å². The van der Waals surface area contributed by atoms with Crippen LogP contribution in [0.25, 0.3) is 25.8 Å². The first-order valence-corrected chi connectivity index (χ1v) is 10.8. The van der Waals surface area contributed by atoms with Gasteiger partial charge in [0.2, 0.25) is 0 Å². The molecule has 0 bridgehead atoms. The summed E-state index contributed by atoms with van der Waals surface area (Å²) >= 11 is 10.7. The molecule has 10 heteroatoms. The van der Waals surface area contributed by atoms with Gasteiger partial charge in [0.15, 0.2) is 4.96 Å². The lowest BCUT2D eigenvalue weighted by Gasteiger charge is -1.98. The van der Waals surface area contributed by atoms with E-state index in [1.807, 2.05) is 29.6 Å². The maximum Gasteiger partial charge on any atom is 0.277 e. The Kier molecular flexibility index (Phi) is 4.24. The molecule has 0 saturated heterocycles. The first-order chi connectivity index (χ1) is 13.2. The van der Waals surface area contributed by atoms with Gasteiger partial charge in [-0.25, -0.2) is 4.98 Å². The van der Waals surface area contributed by atoms with Crippen molar-refractivity contribution < 1.29 is 4.42 Å². The summed E-state index contributed by atoms with van der Waals surface area (Å²) in [6, 6.07) is 9.40. The Hall–Kier alpha value is -2.20. The fourth-order valence-electron chi connectivity index (χ4n) is 2.61. The monoisotopic (exact) mass is 432 g/mol. The van der Waals surface area contributed by atoms with Gasteiger partial charge in [-0.3, -0.25) is 9.20 Å². The van der Waals surface area contributed by atoms with Crippen LogP contribution in [-0.4, -0.2) is 19.6 Å². The second-order valence-electron chi connectivity index (χ2n) is 5.54. The summed E-state index contributed by atoms with van der Waals surface area (Å²) in [6.07, 6.45) is 1.71. The smallest absolute Gasteiger partial charge is 0.277 e. The van der Waals surface area contributed by atoms with Gasteiger partial charge in [0.1, 0.15) is 4.88 Å². The fourth-order valence-corrected chi connectivity index (χ4v) is 5.44. The third-order valence-electron chi connectivity index (χ3n) is 3.84. The Bertz CT molecular complexity index is 1340. The second kappa shape index (κ2) is 6.75. The fraction of sp³-hybridized carbons (Fsp3) is 0.0588. The highest BCUT2D eigenvalue weighted by Gasteiger charge is 2.18. The summed E-state index contributed by atoms with van der Waals surface area (Å²) in [4.78, 5) is 17.9. The molecule has 0 aliphatic carbocycles. The van der Waals surface area contributed by atoms with Crippen molar-refractivity contribution in [2.45, 2.75) is 11.0 Å². The zero-order valence-electron chi connectivity index (χ0n) is 13.5. The highest BCUT2D eigenvalue weighted by molar-refractivity contribution is 7.98. The molecule has 0 N–H and O–H groups in total. The molecule has 0 aliphatic rings. The molecule has 27 heavy (non-hydrogen) atoms. The molecule has 1 aromatic carbocycles. The topological polar surface area (TPSA) is 73.3 Å². The third kappa shape index (κ3) is 3.06. The number of rotatable bonds is 4. The predicted molar refractivity (Wildman–Crippen MR) is 109 cm³/mol. The van der Waals surface area contributed by atoms with E-state index < -0.39 is 0 Å². The van der Waals surface area contributed by atoms with Crippen LogP contribution in [-0.2, 0) is 5.75 Å². The average Bonchev–Trinajstić information content (AvgIpc) is 3.39. The molecule has 0 unspecified atom stereocenters. The molecule has 4 heterocycles. The van der Waals surface area contributed by atoms with E-state index >= 15 is 0 Å². The quantitative estimate of drug-likeness (QED) is 0.373. The van der Waals surface area contributed by atoms with Crippen molar-refractivity contribution in [3.63, 3.8) is 0 Å². The zero-order chi connectivity index (χ0) is 18.4. The molecule has 0 atom stereocenters. The van der Waals surface area contributed by atoms with E-state index in [0.717, 1.165) is 15.0 Å². The van der Waals surface area contributed by atoms with Gasteiger partial charge in [0.25, 0.3) is 16.7 Å². The van der Waals surface area contributed by atoms with Crippen LogP contribution in [0.1, 0.15) is 5.69 Å². The Labute approximate surface area is 169 Å². The van der Waals surface area contributed by atoms with Crippen LogP contribution in [0.15, 0.2) is 56.3 Å². The molecule has 0 aliphatic heterocycles. The molecule has 0 amide bonds. The van der Waals surface area contributed by atoms with Gasteiger partial charge in [-0.1, -0.05) is 41.6 Å². The zero-order valence-corrected chi connectivity index (χ0v) is 16.7. The number of aromatic nitrogens is 4. The minimum absolute atomic E-state index is 0.0971. The number of hydrogen-bond acceptors (Lipinski definition) is 8. The van der Waals surface area contributed by atoms with Crippen molar-refractivity contribution in [2.24, 2.45) is 0 Å². The van der Waals surface area contributed by atoms with Crippen molar-refractivity contribution in [2.75, 3.05) is 0 Å². The van der Waals surface area contributed by atoms with E-state index in [9.17, 15) is 4.79 Å². The average molecular weight is 433 g/mol. The largest absolute Gasteiger partial charge is 0.410 e. The van der Waals surface area contributed by atoms with Crippen molar-refractivity contribution in [3.05, 3.63) is 63.0 Å². The Morgan fingerprint density at radius 2 is 2.15 bits per heavy atom. The van der Waals surface area contributed by atoms with Gasteiger partial charge in [-0.15, -0.1) is 32.9 Å². The number of thiophene rings is 1. The maximum atomic E-state index is 12.0. The second-order valence-corrected chi connectivity index (χ2v) is 8.77. The molecular weight excluding hydrogens is 424 g/mol. The SMILES string of the molecule is O=c1cc(CSc2nnc(-c3sc4ccccc4c3Cl)o2)nc2sccn12. The van der Waals surface area contributed by atoms with Gasteiger partial charge in [0, 0.05) is 33.5 Å².